The third kappa shape index (κ3) is 23.0. The van der Waals surface area contributed by atoms with Gasteiger partial charge >= 0.3 is 0 Å². The van der Waals surface area contributed by atoms with Crippen LogP contribution >= 0.6 is 0 Å². The summed E-state index contributed by atoms with van der Waals surface area (Å²) in [7, 11) is 0. The predicted molar refractivity (Wildman–Crippen MR) is 57.3 cm³/mol. The van der Waals surface area contributed by atoms with Crippen LogP contribution in [0.4, 0.5) is 4.39 Å². The molecule has 0 aromatic rings. The highest BCUT2D eigenvalue weighted by Crippen LogP contribution is 1.85. The zero-order valence-electron chi connectivity index (χ0n) is 9.49. The van der Waals surface area contributed by atoms with Crippen LogP contribution in [0.3, 0.4) is 0 Å². The Labute approximate surface area is 93.8 Å². The summed E-state index contributed by atoms with van der Waals surface area (Å²) in [6.07, 6.45) is 0. The first-order valence-corrected chi connectivity index (χ1v) is 4.79. The molecule has 1 aliphatic rings. The SMILES string of the molecule is CC(=O)O.CC(=O)O.FCC1CNCCN1. The van der Waals surface area contributed by atoms with E-state index in [0.717, 1.165) is 33.5 Å². The van der Waals surface area contributed by atoms with Gasteiger partial charge in [0.2, 0.25) is 0 Å². The van der Waals surface area contributed by atoms with Gasteiger partial charge in [0, 0.05) is 39.5 Å². The number of carboxylic acid groups (broad SMARTS) is 2. The molecule has 1 heterocycles. The fourth-order valence-electron chi connectivity index (χ4n) is 0.822. The van der Waals surface area contributed by atoms with E-state index >= 15 is 0 Å². The molecule has 4 N–H and O–H groups in total. The largest absolute Gasteiger partial charge is 0.481 e. The van der Waals surface area contributed by atoms with Gasteiger partial charge in [0.1, 0.15) is 6.67 Å². The third-order valence-electron chi connectivity index (χ3n) is 1.31. The van der Waals surface area contributed by atoms with Crippen molar-refractivity contribution in [1.82, 2.24) is 10.6 Å². The average Bonchev–Trinajstić information content (AvgIpc) is 2.17. The maximum atomic E-state index is 11.8. The molecule has 1 aliphatic heterocycles. The third-order valence-corrected chi connectivity index (χ3v) is 1.31. The van der Waals surface area contributed by atoms with Crippen LogP contribution in [-0.4, -0.2) is 54.5 Å². The molecule has 1 atom stereocenters. The van der Waals surface area contributed by atoms with E-state index in [1.807, 2.05) is 0 Å². The maximum Gasteiger partial charge on any atom is 0.300 e. The number of carbonyl (C=O) groups is 2. The molecule has 0 aliphatic carbocycles. The van der Waals surface area contributed by atoms with Crippen LogP contribution < -0.4 is 10.6 Å². The van der Waals surface area contributed by atoms with E-state index in [2.05, 4.69) is 10.6 Å². The molecule has 1 unspecified atom stereocenters. The minimum atomic E-state index is -0.833. The molecule has 0 saturated carbocycles. The van der Waals surface area contributed by atoms with Crippen LogP contribution in [0, 0.1) is 0 Å². The lowest BCUT2D eigenvalue weighted by atomic mass is 10.3. The average molecular weight is 238 g/mol. The summed E-state index contributed by atoms with van der Waals surface area (Å²) >= 11 is 0. The second kappa shape index (κ2) is 11.9. The van der Waals surface area contributed by atoms with Crippen LogP contribution in [-0.2, 0) is 9.59 Å². The van der Waals surface area contributed by atoms with Crippen LogP contribution in [0.2, 0.25) is 0 Å². The molecule has 0 bridgehead atoms. The van der Waals surface area contributed by atoms with Gasteiger partial charge in [0.05, 0.1) is 0 Å². The van der Waals surface area contributed by atoms with Gasteiger partial charge in [-0.2, -0.15) is 0 Å². The maximum absolute atomic E-state index is 11.8. The van der Waals surface area contributed by atoms with Crippen LogP contribution in [0.25, 0.3) is 0 Å². The molecular formula is C9H19FN2O4. The zero-order chi connectivity index (χ0) is 13.0. The Morgan fingerprint density at radius 2 is 1.69 bits per heavy atom. The van der Waals surface area contributed by atoms with E-state index in [4.69, 9.17) is 19.8 Å². The number of carboxylic acids is 2. The Hall–Kier alpha value is -1.21. The standard InChI is InChI=1S/C5H11FN2.2C2H4O2/c6-3-5-4-7-1-2-8-5;2*1-2(3)4/h5,7-8H,1-4H2;2*1H3,(H,3,4). The molecule has 6 nitrogen and oxygen atoms in total. The van der Waals surface area contributed by atoms with Gasteiger partial charge in [-0.3, -0.25) is 9.59 Å². The van der Waals surface area contributed by atoms with Gasteiger partial charge < -0.3 is 20.8 Å². The monoisotopic (exact) mass is 238 g/mol. The van der Waals surface area contributed by atoms with E-state index in [9.17, 15) is 4.39 Å². The molecule has 7 heteroatoms. The number of rotatable bonds is 1. The van der Waals surface area contributed by atoms with Crippen molar-refractivity contribution in [2.45, 2.75) is 19.9 Å². The fraction of sp³-hybridized carbons (Fsp3) is 0.778. The fourth-order valence-corrected chi connectivity index (χ4v) is 0.822. The summed E-state index contributed by atoms with van der Waals surface area (Å²) in [5, 5.41) is 20.9. The molecule has 96 valence electrons. The number of nitrogens with one attached hydrogen (secondary N) is 2. The van der Waals surface area contributed by atoms with Crippen molar-refractivity contribution < 1.29 is 24.2 Å². The normalized spacial score (nSPS) is 18.3. The van der Waals surface area contributed by atoms with Crippen molar-refractivity contribution in [3.8, 4) is 0 Å². The second-order valence-electron chi connectivity index (χ2n) is 3.05. The Morgan fingerprint density at radius 3 is 1.88 bits per heavy atom. The lowest BCUT2D eigenvalue weighted by Crippen LogP contribution is -2.49. The van der Waals surface area contributed by atoms with Crippen molar-refractivity contribution in [2.75, 3.05) is 26.3 Å². The lowest BCUT2D eigenvalue weighted by Gasteiger charge is -2.21. The van der Waals surface area contributed by atoms with Gasteiger partial charge in [-0.05, 0) is 0 Å². The van der Waals surface area contributed by atoms with E-state index in [1.165, 1.54) is 0 Å². The highest BCUT2D eigenvalue weighted by atomic mass is 19.1. The molecule has 0 aromatic carbocycles. The van der Waals surface area contributed by atoms with Gasteiger partial charge in [-0.1, -0.05) is 0 Å². The van der Waals surface area contributed by atoms with Gasteiger partial charge in [0.15, 0.2) is 0 Å². The van der Waals surface area contributed by atoms with Crippen molar-refractivity contribution in [3.05, 3.63) is 0 Å². The van der Waals surface area contributed by atoms with E-state index in [0.29, 0.717) is 0 Å². The molecular weight excluding hydrogens is 219 g/mol. The summed E-state index contributed by atoms with van der Waals surface area (Å²) in [6, 6.07) is 0.0590. The quantitative estimate of drug-likeness (QED) is 0.500. The van der Waals surface area contributed by atoms with Gasteiger partial charge in [-0.25, -0.2) is 4.39 Å². The molecule has 0 amide bonds. The first kappa shape index (κ1) is 17.2. The predicted octanol–water partition coefficient (Wildman–Crippen LogP) is -0.301. The molecule has 0 radical (unpaired) electrons. The minimum absolute atomic E-state index is 0.0590. The number of piperazine rings is 1. The summed E-state index contributed by atoms with van der Waals surface area (Å²) < 4.78 is 11.8. The highest BCUT2D eigenvalue weighted by molar-refractivity contribution is 5.63. The summed E-state index contributed by atoms with van der Waals surface area (Å²) in [6.45, 7) is 4.55. The zero-order valence-corrected chi connectivity index (χ0v) is 9.49. The Kier molecular flexibility index (Phi) is 12.7. The number of alkyl halides is 1. The van der Waals surface area contributed by atoms with E-state index in [1.54, 1.807) is 0 Å². The van der Waals surface area contributed by atoms with Gasteiger partial charge in [-0.15, -0.1) is 0 Å². The van der Waals surface area contributed by atoms with Crippen molar-refractivity contribution >= 4 is 11.9 Å². The number of hydrogen-bond acceptors (Lipinski definition) is 4. The first-order chi connectivity index (χ1) is 7.40. The molecule has 1 rings (SSSR count). The molecule has 0 spiro atoms. The molecule has 0 aromatic heterocycles. The lowest BCUT2D eigenvalue weighted by molar-refractivity contribution is -0.135. The summed E-state index contributed by atoms with van der Waals surface area (Å²) in [4.78, 5) is 18.0. The Balaban J connectivity index is 0. The molecule has 1 saturated heterocycles. The van der Waals surface area contributed by atoms with Crippen LogP contribution in [0.5, 0.6) is 0 Å². The van der Waals surface area contributed by atoms with E-state index < -0.39 is 11.9 Å². The number of halogens is 1. The molecule has 16 heavy (non-hydrogen) atoms. The van der Waals surface area contributed by atoms with Crippen molar-refractivity contribution in [1.29, 1.82) is 0 Å². The highest BCUT2D eigenvalue weighted by Gasteiger charge is 2.09. The van der Waals surface area contributed by atoms with Crippen molar-refractivity contribution in [3.63, 3.8) is 0 Å². The van der Waals surface area contributed by atoms with Crippen LogP contribution in [0.15, 0.2) is 0 Å². The number of hydrogen-bond donors (Lipinski definition) is 4. The Morgan fingerprint density at radius 1 is 1.25 bits per heavy atom. The molecule has 1 fully saturated rings. The van der Waals surface area contributed by atoms with Crippen LogP contribution in [0.1, 0.15) is 13.8 Å². The summed E-state index contributed by atoms with van der Waals surface area (Å²) in [5.74, 6) is -1.67. The van der Waals surface area contributed by atoms with Crippen molar-refractivity contribution in [2.24, 2.45) is 0 Å². The Bertz CT molecular complexity index is 176. The smallest absolute Gasteiger partial charge is 0.300 e. The number of aliphatic carboxylic acids is 2. The van der Waals surface area contributed by atoms with E-state index in [-0.39, 0.29) is 12.7 Å². The summed E-state index contributed by atoms with van der Waals surface area (Å²) in [5.41, 5.74) is 0. The minimum Gasteiger partial charge on any atom is -0.481 e. The van der Waals surface area contributed by atoms with Gasteiger partial charge in [0.25, 0.3) is 11.9 Å². The second-order valence-corrected chi connectivity index (χ2v) is 3.05. The topological polar surface area (TPSA) is 98.7 Å². The first-order valence-electron chi connectivity index (χ1n) is 4.79.